The quantitative estimate of drug-likeness (QED) is 0.507. The number of fused-ring (bicyclic) bond motifs is 1. The van der Waals surface area contributed by atoms with Crippen LogP contribution in [0.2, 0.25) is 0 Å². The molecule has 1 aliphatic rings. The number of nitrogens with zero attached hydrogens (tertiary/aromatic N) is 4. The van der Waals surface area contributed by atoms with Crippen molar-refractivity contribution in [1.29, 1.82) is 0 Å². The summed E-state index contributed by atoms with van der Waals surface area (Å²) in [5.41, 5.74) is 6.01. The predicted molar refractivity (Wildman–Crippen MR) is 128 cm³/mol. The average molecular weight is 427 g/mol. The number of hydrogen-bond acceptors (Lipinski definition) is 4. The monoisotopic (exact) mass is 426 g/mol. The second-order valence-corrected chi connectivity index (χ2v) is 8.60. The Bertz CT molecular complexity index is 1120. The lowest BCUT2D eigenvalue weighted by Gasteiger charge is -2.39. The van der Waals surface area contributed by atoms with Crippen LogP contribution in [0.25, 0.3) is 11.0 Å². The van der Waals surface area contributed by atoms with Crippen LogP contribution in [0.5, 0.6) is 0 Å². The molecular formula is C27H30N4O. The van der Waals surface area contributed by atoms with Crippen LogP contribution in [0, 0.1) is 0 Å². The SMILES string of the molecule is Cn1c(CO)nc2cc(CN3CCN(C(c4ccccc4)c4ccccc4)CC3)ccc21. The van der Waals surface area contributed by atoms with E-state index in [4.69, 9.17) is 0 Å². The van der Waals surface area contributed by atoms with Gasteiger partial charge in [-0.2, -0.15) is 0 Å². The van der Waals surface area contributed by atoms with E-state index < -0.39 is 0 Å². The van der Waals surface area contributed by atoms with Crippen molar-refractivity contribution in [1.82, 2.24) is 19.4 Å². The number of aromatic nitrogens is 2. The van der Waals surface area contributed by atoms with E-state index in [1.165, 1.54) is 16.7 Å². The van der Waals surface area contributed by atoms with Gasteiger partial charge in [-0.1, -0.05) is 66.7 Å². The fraction of sp³-hybridized carbons (Fsp3) is 0.296. The summed E-state index contributed by atoms with van der Waals surface area (Å²) >= 11 is 0. The van der Waals surface area contributed by atoms with E-state index in [9.17, 15) is 5.11 Å². The lowest BCUT2D eigenvalue weighted by Crippen LogP contribution is -2.47. The van der Waals surface area contributed by atoms with Crippen molar-refractivity contribution >= 4 is 11.0 Å². The van der Waals surface area contributed by atoms with Gasteiger partial charge >= 0.3 is 0 Å². The maximum atomic E-state index is 9.49. The third-order valence-corrected chi connectivity index (χ3v) is 6.59. The number of aliphatic hydroxyl groups excluding tert-OH is 1. The number of piperazine rings is 1. The number of imidazole rings is 1. The summed E-state index contributed by atoms with van der Waals surface area (Å²) in [6.07, 6.45) is 0. The van der Waals surface area contributed by atoms with Gasteiger partial charge in [-0.05, 0) is 28.8 Å². The van der Waals surface area contributed by atoms with Crippen LogP contribution in [0.1, 0.15) is 28.6 Å². The second kappa shape index (κ2) is 9.25. The number of benzene rings is 3. The van der Waals surface area contributed by atoms with Crippen molar-refractivity contribution in [2.24, 2.45) is 7.05 Å². The maximum Gasteiger partial charge on any atom is 0.135 e. The van der Waals surface area contributed by atoms with E-state index in [0.717, 1.165) is 43.8 Å². The smallest absolute Gasteiger partial charge is 0.135 e. The minimum absolute atomic E-state index is 0.0352. The van der Waals surface area contributed by atoms with Crippen LogP contribution < -0.4 is 0 Å². The summed E-state index contributed by atoms with van der Waals surface area (Å²) < 4.78 is 1.96. The third kappa shape index (κ3) is 4.19. The molecule has 0 amide bonds. The van der Waals surface area contributed by atoms with Crippen molar-refractivity contribution in [2.45, 2.75) is 19.2 Å². The topological polar surface area (TPSA) is 44.5 Å². The van der Waals surface area contributed by atoms with Crippen LogP contribution in [-0.4, -0.2) is 50.6 Å². The summed E-state index contributed by atoms with van der Waals surface area (Å²) in [5, 5.41) is 9.49. The molecule has 0 unspecified atom stereocenters. The summed E-state index contributed by atoms with van der Waals surface area (Å²) in [4.78, 5) is 9.71. The second-order valence-electron chi connectivity index (χ2n) is 8.60. The molecule has 1 N–H and O–H groups in total. The lowest BCUT2D eigenvalue weighted by atomic mass is 9.96. The van der Waals surface area contributed by atoms with Gasteiger partial charge in [-0.25, -0.2) is 4.98 Å². The van der Waals surface area contributed by atoms with E-state index in [0.29, 0.717) is 11.9 Å². The molecule has 0 radical (unpaired) electrons. The molecule has 32 heavy (non-hydrogen) atoms. The van der Waals surface area contributed by atoms with Gasteiger partial charge in [0.05, 0.1) is 17.1 Å². The first-order valence-electron chi connectivity index (χ1n) is 11.3. The van der Waals surface area contributed by atoms with Crippen molar-refractivity contribution in [3.8, 4) is 0 Å². The molecule has 1 saturated heterocycles. The molecule has 0 spiro atoms. The average Bonchev–Trinajstić information content (AvgIpc) is 3.16. The molecule has 0 aliphatic carbocycles. The van der Waals surface area contributed by atoms with Gasteiger partial charge in [0.25, 0.3) is 0 Å². The first kappa shape index (κ1) is 20.9. The van der Waals surface area contributed by atoms with E-state index in [1.807, 2.05) is 11.6 Å². The van der Waals surface area contributed by atoms with Gasteiger partial charge in [-0.15, -0.1) is 0 Å². The normalized spacial score (nSPS) is 15.6. The van der Waals surface area contributed by atoms with Gasteiger partial charge < -0.3 is 9.67 Å². The highest BCUT2D eigenvalue weighted by Crippen LogP contribution is 2.29. The Kier molecular flexibility index (Phi) is 6.04. The van der Waals surface area contributed by atoms with E-state index in [-0.39, 0.29) is 6.61 Å². The zero-order chi connectivity index (χ0) is 21.9. The molecule has 0 atom stereocenters. The molecule has 1 aromatic heterocycles. The lowest BCUT2D eigenvalue weighted by molar-refractivity contribution is 0.105. The van der Waals surface area contributed by atoms with Crippen LogP contribution in [0.3, 0.4) is 0 Å². The van der Waals surface area contributed by atoms with Crippen LogP contribution in [-0.2, 0) is 20.2 Å². The van der Waals surface area contributed by atoms with Crippen LogP contribution in [0.4, 0.5) is 0 Å². The molecular weight excluding hydrogens is 396 g/mol. The number of hydrogen-bond donors (Lipinski definition) is 1. The van der Waals surface area contributed by atoms with Gasteiger partial charge in [0.1, 0.15) is 12.4 Å². The molecule has 0 bridgehead atoms. The summed E-state index contributed by atoms with van der Waals surface area (Å²) in [5.74, 6) is 0.707. The minimum atomic E-state index is -0.0352. The highest BCUT2D eigenvalue weighted by atomic mass is 16.3. The summed E-state index contributed by atoms with van der Waals surface area (Å²) in [6, 6.07) is 28.5. The van der Waals surface area contributed by atoms with Crippen molar-refractivity contribution in [3.05, 3.63) is 101 Å². The van der Waals surface area contributed by atoms with Gasteiger partial charge in [0, 0.05) is 39.8 Å². The van der Waals surface area contributed by atoms with Gasteiger partial charge in [0.2, 0.25) is 0 Å². The Morgan fingerprint density at radius 2 is 1.47 bits per heavy atom. The van der Waals surface area contributed by atoms with Crippen LogP contribution in [0.15, 0.2) is 78.9 Å². The maximum absolute atomic E-state index is 9.49. The standard InChI is InChI=1S/C27H30N4O/c1-29-25-13-12-21(18-24(25)28-26(29)20-32)19-30-14-16-31(17-15-30)27(22-8-4-2-5-9-22)23-10-6-3-7-11-23/h2-13,18,27,32H,14-17,19-20H2,1H3. The molecule has 5 nitrogen and oxygen atoms in total. The summed E-state index contributed by atoms with van der Waals surface area (Å²) in [7, 11) is 1.95. The van der Waals surface area contributed by atoms with Crippen molar-refractivity contribution < 1.29 is 5.11 Å². The molecule has 5 heteroatoms. The highest BCUT2D eigenvalue weighted by molar-refractivity contribution is 5.76. The Morgan fingerprint density at radius 1 is 0.844 bits per heavy atom. The fourth-order valence-electron chi connectivity index (χ4n) is 4.86. The van der Waals surface area contributed by atoms with Crippen molar-refractivity contribution in [2.75, 3.05) is 26.2 Å². The van der Waals surface area contributed by atoms with Gasteiger partial charge in [-0.3, -0.25) is 9.80 Å². The largest absolute Gasteiger partial charge is 0.388 e. The van der Waals surface area contributed by atoms with E-state index in [2.05, 4.69) is 93.6 Å². The van der Waals surface area contributed by atoms with Crippen LogP contribution >= 0.6 is 0 Å². The Balaban J connectivity index is 1.29. The fourth-order valence-corrected chi connectivity index (χ4v) is 4.86. The highest BCUT2D eigenvalue weighted by Gasteiger charge is 2.26. The molecule has 2 heterocycles. The Hall–Kier alpha value is -2.99. The molecule has 4 aromatic rings. The minimum Gasteiger partial charge on any atom is -0.388 e. The summed E-state index contributed by atoms with van der Waals surface area (Å²) in [6.45, 7) is 5.04. The first-order valence-corrected chi connectivity index (χ1v) is 11.3. The third-order valence-electron chi connectivity index (χ3n) is 6.59. The number of rotatable bonds is 6. The number of aryl methyl sites for hydroxylation is 1. The molecule has 1 aliphatic heterocycles. The Labute approximate surface area is 189 Å². The molecule has 0 saturated carbocycles. The molecule has 1 fully saturated rings. The van der Waals surface area contributed by atoms with E-state index >= 15 is 0 Å². The zero-order valence-corrected chi connectivity index (χ0v) is 18.6. The number of aliphatic hydroxyl groups is 1. The molecule has 5 rings (SSSR count). The first-order chi connectivity index (χ1) is 15.7. The van der Waals surface area contributed by atoms with E-state index in [1.54, 1.807) is 0 Å². The van der Waals surface area contributed by atoms with Gasteiger partial charge in [0.15, 0.2) is 0 Å². The predicted octanol–water partition coefficient (Wildman–Crippen LogP) is 3.97. The Morgan fingerprint density at radius 3 is 2.06 bits per heavy atom. The molecule has 3 aromatic carbocycles. The van der Waals surface area contributed by atoms with Crippen molar-refractivity contribution in [3.63, 3.8) is 0 Å². The molecule has 164 valence electrons. The zero-order valence-electron chi connectivity index (χ0n) is 18.6.